The van der Waals surface area contributed by atoms with Crippen LogP contribution in [0.15, 0.2) is 12.1 Å². The van der Waals surface area contributed by atoms with Crippen LogP contribution in [0.25, 0.3) is 0 Å². The predicted octanol–water partition coefficient (Wildman–Crippen LogP) is 6.79. The van der Waals surface area contributed by atoms with Gasteiger partial charge in [-0.2, -0.15) is 0 Å². The second-order valence-electron chi connectivity index (χ2n) is 7.34. The summed E-state index contributed by atoms with van der Waals surface area (Å²) in [6.07, 6.45) is 8.90. The van der Waals surface area contributed by atoms with Gasteiger partial charge in [-0.3, -0.25) is 4.79 Å². The summed E-state index contributed by atoms with van der Waals surface area (Å²) in [6, 6.07) is 2.98. The highest BCUT2D eigenvalue weighted by atomic mass is 19.1. The lowest BCUT2D eigenvalue weighted by Gasteiger charge is -2.27. The van der Waals surface area contributed by atoms with E-state index in [9.17, 15) is 9.18 Å². The average Bonchev–Trinajstić information content (AvgIpc) is 2.55. The highest BCUT2D eigenvalue weighted by Gasteiger charge is 2.27. The molecule has 0 aliphatic carbocycles. The number of carbonyl (C=O) groups is 1. The lowest BCUT2D eigenvalue weighted by Crippen LogP contribution is -2.30. The first-order valence-electron chi connectivity index (χ1n) is 10.0. The van der Waals surface area contributed by atoms with Gasteiger partial charge in [0.2, 0.25) is 5.91 Å². The molecular weight excluding hydrogens is 313 g/mol. The third-order valence-corrected chi connectivity index (χ3v) is 5.09. The quantitative estimate of drug-likeness (QED) is 0.438. The zero-order valence-electron chi connectivity index (χ0n) is 16.8. The highest BCUT2D eigenvalue weighted by molar-refractivity contribution is 5.94. The number of unbranched alkanes of at least 4 members (excludes halogenated alkanes) is 2. The molecule has 0 saturated heterocycles. The van der Waals surface area contributed by atoms with E-state index in [4.69, 9.17) is 0 Å². The Morgan fingerprint density at radius 2 is 1.56 bits per heavy atom. The van der Waals surface area contributed by atoms with Crippen molar-refractivity contribution < 1.29 is 9.18 Å². The molecule has 0 fully saturated rings. The van der Waals surface area contributed by atoms with Crippen LogP contribution in [-0.2, 0) is 4.79 Å². The molecule has 0 aliphatic heterocycles. The fourth-order valence-electron chi connectivity index (χ4n) is 3.79. The third kappa shape index (κ3) is 6.80. The second-order valence-corrected chi connectivity index (χ2v) is 7.34. The van der Waals surface area contributed by atoms with Crippen molar-refractivity contribution in [1.29, 1.82) is 0 Å². The van der Waals surface area contributed by atoms with Crippen LogP contribution in [0.5, 0.6) is 0 Å². The van der Waals surface area contributed by atoms with Crippen molar-refractivity contribution in [2.45, 2.75) is 86.0 Å². The van der Waals surface area contributed by atoms with Crippen LogP contribution in [0.3, 0.4) is 0 Å². The van der Waals surface area contributed by atoms with Gasteiger partial charge in [0.15, 0.2) is 0 Å². The molecule has 1 amide bonds. The van der Waals surface area contributed by atoms with Crippen LogP contribution in [0.1, 0.15) is 83.3 Å². The summed E-state index contributed by atoms with van der Waals surface area (Å²) in [7, 11) is 0. The lowest BCUT2D eigenvalue weighted by molar-refractivity contribution is -0.122. The summed E-state index contributed by atoms with van der Waals surface area (Å²) in [4.78, 5) is 13.0. The molecule has 1 N–H and O–H groups in total. The fourth-order valence-corrected chi connectivity index (χ4v) is 3.79. The van der Waals surface area contributed by atoms with Gasteiger partial charge < -0.3 is 5.32 Å². The smallest absolute Gasteiger partial charge is 0.227 e. The SMILES string of the molecule is CCCCCC(CCC)C(CCC)C(=O)Nc1c(C)cc(F)cc1C. The predicted molar refractivity (Wildman–Crippen MR) is 105 cm³/mol. The Hall–Kier alpha value is -1.38. The molecule has 0 saturated carbocycles. The first-order chi connectivity index (χ1) is 11.9. The van der Waals surface area contributed by atoms with Crippen LogP contribution >= 0.6 is 0 Å². The molecule has 25 heavy (non-hydrogen) atoms. The van der Waals surface area contributed by atoms with E-state index in [0.29, 0.717) is 5.92 Å². The number of nitrogens with one attached hydrogen (secondary N) is 1. The Labute approximate surface area is 153 Å². The normalized spacial score (nSPS) is 13.5. The number of hydrogen-bond donors (Lipinski definition) is 1. The number of hydrogen-bond acceptors (Lipinski definition) is 1. The van der Waals surface area contributed by atoms with E-state index in [1.165, 1.54) is 31.4 Å². The Bertz CT molecular complexity index is 518. The van der Waals surface area contributed by atoms with Crippen molar-refractivity contribution in [3.8, 4) is 0 Å². The van der Waals surface area contributed by atoms with Gasteiger partial charge in [-0.1, -0.05) is 52.9 Å². The Balaban J connectivity index is 2.93. The van der Waals surface area contributed by atoms with Crippen molar-refractivity contribution in [3.05, 3.63) is 29.1 Å². The van der Waals surface area contributed by atoms with Crippen LogP contribution in [-0.4, -0.2) is 5.91 Å². The molecule has 1 aromatic carbocycles. The topological polar surface area (TPSA) is 29.1 Å². The molecule has 0 spiro atoms. The minimum Gasteiger partial charge on any atom is -0.325 e. The van der Waals surface area contributed by atoms with E-state index in [2.05, 4.69) is 26.1 Å². The van der Waals surface area contributed by atoms with Gasteiger partial charge >= 0.3 is 0 Å². The van der Waals surface area contributed by atoms with E-state index in [1.54, 1.807) is 0 Å². The van der Waals surface area contributed by atoms with Gasteiger partial charge in [-0.25, -0.2) is 4.39 Å². The van der Waals surface area contributed by atoms with Crippen molar-refractivity contribution in [2.24, 2.45) is 11.8 Å². The second kappa shape index (κ2) is 11.3. The first kappa shape index (κ1) is 21.7. The molecule has 0 radical (unpaired) electrons. The minimum atomic E-state index is -0.249. The van der Waals surface area contributed by atoms with E-state index >= 15 is 0 Å². The molecule has 3 heteroatoms. The van der Waals surface area contributed by atoms with Gasteiger partial charge in [0.25, 0.3) is 0 Å². The molecule has 0 bridgehead atoms. The van der Waals surface area contributed by atoms with Crippen molar-refractivity contribution in [2.75, 3.05) is 5.32 Å². The molecule has 2 atom stereocenters. The molecular formula is C22H36FNO. The third-order valence-electron chi connectivity index (χ3n) is 5.09. The maximum Gasteiger partial charge on any atom is 0.227 e. The molecule has 2 unspecified atom stereocenters. The van der Waals surface area contributed by atoms with Crippen LogP contribution in [0.4, 0.5) is 10.1 Å². The van der Waals surface area contributed by atoms with Crippen molar-refractivity contribution in [3.63, 3.8) is 0 Å². The van der Waals surface area contributed by atoms with Crippen molar-refractivity contribution >= 4 is 11.6 Å². The molecule has 0 aromatic heterocycles. The van der Waals surface area contributed by atoms with E-state index < -0.39 is 0 Å². The molecule has 1 aromatic rings. The molecule has 0 aliphatic rings. The largest absolute Gasteiger partial charge is 0.325 e. The summed E-state index contributed by atoms with van der Waals surface area (Å²) >= 11 is 0. The number of rotatable bonds is 11. The van der Waals surface area contributed by atoms with E-state index in [-0.39, 0.29) is 17.6 Å². The highest BCUT2D eigenvalue weighted by Crippen LogP contribution is 2.30. The number of halogens is 1. The first-order valence-corrected chi connectivity index (χ1v) is 10.0. The summed E-state index contributed by atoms with van der Waals surface area (Å²) in [5.41, 5.74) is 2.36. The van der Waals surface area contributed by atoms with Gasteiger partial charge in [-0.05, 0) is 62.3 Å². The average molecular weight is 350 g/mol. The molecule has 1 rings (SSSR count). The maximum atomic E-state index is 13.5. The number of aryl methyl sites for hydroxylation is 2. The molecule has 2 nitrogen and oxygen atoms in total. The van der Waals surface area contributed by atoms with Crippen molar-refractivity contribution in [1.82, 2.24) is 0 Å². The van der Waals surface area contributed by atoms with Gasteiger partial charge in [0, 0.05) is 11.6 Å². The zero-order valence-corrected chi connectivity index (χ0v) is 16.8. The molecule has 142 valence electrons. The Kier molecular flexibility index (Phi) is 9.77. The van der Waals surface area contributed by atoms with Gasteiger partial charge in [0.1, 0.15) is 5.82 Å². The van der Waals surface area contributed by atoms with Crippen LogP contribution < -0.4 is 5.32 Å². The maximum absolute atomic E-state index is 13.5. The van der Waals surface area contributed by atoms with E-state index in [1.807, 2.05) is 13.8 Å². The number of anilines is 1. The minimum absolute atomic E-state index is 0.0469. The van der Waals surface area contributed by atoms with E-state index in [0.717, 1.165) is 48.9 Å². The fraction of sp³-hybridized carbons (Fsp3) is 0.682. The summed E-state index contributed by atoms with van der Waals surface area (Å²) < 4.78 is 13.5. The zero-order chi connectivity index (χ0) is 18.8. The summed E-state index contributed by atoms with van der Waals surface area (Å²) in [6.45, 7) is 10.3. The standard InChI is InChI=1S/C22H36FNO/c1-6-9-10-13-18(11-7-2)20(12-8-3)22(25)24-21-16(4)14-19(23)15-17(21)5/h14-15,18,20H,6-13H2,1-5H3,(H,24,25). The van der Waals surface area contributed by atoms with Gasteiger partial charge in [0.05, 0.1) is 0 Å². The molecule has 0 heterocycles. The Morgan fingerprint density at radius 3 is 2.08 bits per heavy atom. The monoisotopic (exact) mass is 349 g/mol. The number of carbonyl (C=O) groups excluding carboxylic acids is 1. The summed E-state index contributed by atoms with van der Waals surface area (Å²) in [5, 5.41) is 3.11. The number of benzene rings is 1. The van der Waals surface area contributed by atoms with Crippen LogP contribution in [0, 0.1) is 31.5 Å². The van der Waals surface area contributed by atoms with Gasteiger partial charge in [-0.15, -0.1) is 0 Å². The lowest BCUT2D eigenvalue weighted by atomic mass is 9.81. The number of amides is 1. The summed E-state index contributed by atoms with van der Waals surface area (Å²) in [5.74, 6) is 0.347. The Morgan fingerprint density at radius 1 is 0.960 bits per heavy atom. The van der Waals surface area contributed by atoms with Crippen LogP contribution in [0.2, 0.25) is 0 Å².